The average Bonchev–Trinajstić information content (AvgIpc) is 3.00. The Morgan fingerprint density at radius 3 is 2.49 bits per heavy atom. The first-order chi connectivity index (χ1) is 20.0. The summed E-state index contributed by atoms with van der Waals surface area (Å²) >= 11 is 0. The van der Waals surface area contributed by atoms with E-state index in [0.717, 1.165) is 24.9 Å². The van der Waals surface area contributed by atoms with Crippen molar-refractivity contribution in [2.24, 2.45) is 5.92 Å². The molecule has 1 fully saturated rings. The van der Waals surface area contributed by atoms with Crippen molar-refractivity contribution in [3.8, 4) is 11.5 Å². The Morgan fingerprint density at radius 2 is 1.76 bits per heavy atom. The summed E-state index contributed by atoms with van der Waals surface area (Å²) in [6, 6.07) is 23.3. The predicted molar refractivity (Wildman–Crippen MR) is 157 cm³/mol. The number of anilines is 1. The number of piperidine rings is 1. The van der Waals surface area contributed by atoms with Gasteiger partial charge >= 0.3 is 12.0 Å². The van der Waals surface area contributed by atoms with E-state index in [1.807, 2.05) is 35.2 Å². The Hall–Kier alpha value is -4.08. The highest BCUT2D eigenvalue weighted by atomic mass is 16.5. The average molecular weight is 562 g/mol. The number of carbonyl (C=O) groups is 2. The number of rotatable bonds is 13. The number of benzene rings is 3. The summed E-state index contributed by atoms with van der Waals surface area (Å²) in [7, 11) is 0. The number of carbonyl (C=O) groups excluding carboxylic acids is 2. The van der Waals surface area contributed by atoms with Crippen molar-refractivity contribution in [3.05, 3.63) is 90.0 Å². The van der Waals surface area contributed by atoms with Crippen LogP contribution in [0.25, 0.3) is 0 Å². The van der Waals surface area contributed by atoms with E-state index in [0.29, 0.717) is 62.4 Å². The molecule has 0 spiro atoms. The first kappa shape index (κ1) is 29.9. The normalized spacial score (nSPS) is 14.3. The smallest absolute Gasteiger partial charge is 0.338 e. The van der Waals surface area contributed by atoms with Gasteiger partial charge in [-0.15, -0.1) is 0 Å². The minimum Gasteiger partial charge on any atom is -0.508 e. The van der Waals surface area contributed by atoms with Crippen molar-refractivity contribution in [2.45, 2.75) is 32.5 Å². The zero-order valence-electron chi connectivity index (χ0n) is 23.5. The summed E-state index contributed by atoms with van der Waals surface area (Å²) in [5.74, 6) is 0.910. The van der Waals surface area contributed by atoms with Crippen molar-refractivity contribution in [3.63, 3.8) is 0 Å². The van der Waals surface area contributed by atoms with Crippen LogP contribution in [0.3, 0.4) is 0 Å². The van der Waals surface area contributed by atoms with E-state index in [9.17, 15) is 14.7 Å². The molecule has 0 radical (unpaired) electrons. The molecule has 3 aromatic carbocycles. The predicted octanol–water partition coefficient (Wildman–Crippen LogP) is 5.07. The Balaban J connectivity index is 1.21. The maximum atomic E-state index is 12.8. The molecule has 2 amide bonds. The number of hydrogen-bond donors (Lipinski definition) is 3. The lowest BCUT2D eigenvalue weighted by Gasteiger charge is -2.32. The molecule has 3 aromatic rings. The molecule has 1 atom stereocenters. The maximum Gasteiger partial charge on any atom is 0.338 e. The zero-order chi connectivity index (χ0) is 28.9. The van der Waals surface area contributed by atoms with Crippen LogP contribution in [0.4, 0.5) is 10.5 Å². The van der Waals surface area contributed by atoms with Crippen molar-refractivity contribution in [1.82, 2.24) is 10.2 Å². The van der Waals surface area contributed by atoms with Crippen LogP contribution in [0.5, 0.6) is 11.5 Å². The lowest BCUT2D eigenvalue weighted by molar-refractivity contribution is 0.00947. The molecule has 218 valence electrons. The molecule has 41 heavy (non-hydrogen) atoms. The van der Waals surface area contributed by atoms with E-state index < -0.39 is 5.97 Å². The lowest BCUT2D eigenvalue weighted by atomic mass is 9.97. The molecule has 0 aromatic heterocycles. The molecule has 0 bridgehead atoms. The Kier molecular flexibility index (Phi) is 11.4. The van der Waals surface area contributed by atoms with Gasteiger partial charge in [0, 0.05) is 25.3 Å². The number of nitrogens with one attached hydrogen (secondary N) is 2. The summed E-state index contributed by atoms with van der Waals surface area (Å²) in [6.07, 6.45) is 1.62. The van der Waals surface area contributed by atoms with Gasteiger partial charge in [-0.3, -0.25) is 0 Å². The third-order valence-electron chi connectivity index (χ3n) is 6.93. The molecule has 9 heteroatoms. The second-order valence-electron chi connectivity index (χ2n) is 10.0. The van der Waals surface area contributed by atoms with E-state index in [2.05, 4.69) is 10.6 Å². The number of ether oxygens (including phenoxy) is 3. The Labute approximate surface area is 241 Å². The van der Waals surface area contributed by atoms with E-state index in [1.54, 1.807) is 55.5 Å². The van der Waals surface area contributed by atoms with Gasteiger partial charge in [0.2, 0.25) is 0 Å². The van der Waals surface area contributed by atoms with Crippen LogP contribution in [0.1, 0.15) is 35.7 Å². The van der Waals surface area contributed by atoms with Gasteiger partial charge in [-0.05, 0) is 80.3 Å². The van der Waals surface area contributed by atoms with Gasteiger partial charge in [0.1, 0.15) is 24.2 Å². The van der Waals surface area contributed by atoms with E-state index >= 15 is 0 Å². The number of aromatic hydroxyl groups is 1. The molecule has 1 saturated heterocycles. The Bertz CT molecular complexity index is 1230. The van der Waals surface area contributed by atoms with Gasteiger partial charge in [0.05, 0.1) is 18.8 Å². The van der Waals surface area contributed by atoms with Crippen molar-refractivity contribution >= 4 is 17.7 Å². The van der Waals surface area contributed by atoms with E-state index in [4.69, 9.17) is 14.2 Å². The molecule has 0 saturated carbocycles. The van der Waals surface area contributed by atoms with E-state index in [1.165, 1.54) is 0 Å². The quantitative estimate of drug-likeness (QED) is 0.250. The number of phenols is 1. The van der Waals surface area contributed by atoms with Gasteiger partial charge in [0.15, 0.2) is 0 Å². The highest BCUT2D eigenvalue weighted by Crippen LogP contribution is 2.19. The number of phenolic OH excluding ortho intramolecular Hbond substituents is 1. The van der Waals surface area contributed by atoms with Gasteiger partial charge in [0.25, 0.3) is 0 Å². The summed E-state index contributed by atoms with van der Waals surface area (Å²) < 4.78 is 17.1. The molecule has 1 aliphatic rings. The highest BCUT2D eigenvalue weighted by Gasteiger charge is 2.23. The van der Waals surface area contributed by atoms with Crippen LogP contribution in [-0.2, 0) is 16.1 Å². The molecule has 3 N–H and O–H groups in total. The van der Waals surface area contributed by atoms with Crippen LogP contribution < -0.4 is 15.4 Å². The zero-order valence-corrected chi connectivity index (χ0v) is 23.5. The molecular formula is C32H39N3O6. The number of hydrogen-bond acceptors (Lipinski definition) is 7. The highest BCUT2D eigenvalue weighted by molar-refractivity contribution is 5.94. The number of esters is 1. The minimum absolute atomic E-state index is 0.166. The van der Waals surface area contributed by atoms with Crippen LogP contribution in [-0.4, -0.2) is 67.5 Å². The fraction of sp³-hybridized carbons (Fsp3) is 0.375. The van der Waals surface area contributed by atoms with Crippen molar-refractivity contribution < 1.29 is 28.9 Å². The second kappa shape index (κ2) is 15.6. The largest absolute Gasteiger partial charge is 0.508 e. The molecular weight excluding hydrogens is 522 g/mol. The first-order valence-electron chi connectivity index (χ1n) is 14.1. The van der Waals surface area contributed by atoms with Crippen molar-refractivity contribution in [1.29, 1.82) is 0 Å². The number of amides is 2. The summed E-state index contributed by atoms with van der Waals surface area (Å²) in [5, 5.41) is 16.0. The topological polar surface area (TPSA) is 109 Å². The summed E-state index contributed by atoms with van der Waals surface area (Å²) in [5.41, 5.74) is 2.08. The second-order valence-corrected chi connectivity index (χ2v) is 10.0. The summed E-state index contributed by atoms with van der Waals surface area (Å²) in [4.78, 5) is 26.6. The third kappa shape index (κ3) is 9.81. The third-order valence-corrected chi connectivity index (χ3v) is 6.93. The standard InChI is InChI=1S/C32H39N3O6/c1-2-39-31(37)26-9-6-10-27(19-26)34-32(38)35-17-15-24(16-18-35)20-33-21-30(40-22-25-7-4-3-5-8-25)23-41-29-13-11-28(36)12-14-29/h3-14,19,24,30,33,36H,2,15-18,20-23H2,1H3,(H,34,38). The monoisotopic (exact) mass is 561 g/mol. The molecule has 0 aliphatic carbocycles. The molecule has 1 unspecified atom stereocenters. The van der Waals surface area contributed by atoms with Gasteiger partial charge in [-0.1, -0.05) is 36.4 Å². The number of nitrogens with zero attached hydrogens (tertiary/aromatic N) is 1. The van der Waals surface area contributed by atoms with Crippen LogP contribution in [0.2, 0.25) is 0 Å². The number of likely N-dealkylation sites (tertiary alicyclic amines) is 1. The Morgan fingerprint density at radius 1 is 1.00 bits per heavy atom. The minimum atomic E-state index is -0.406. The SMILES string of the molecule is CCOC(=O)c1cccc(NC(=O)N2CCC(CNCC(COc3ccc(O)cc3)OCc3ccccc3)CC2)c1. The first-order valence-corrected chi connectivity index (χ1v) is 14.1. The van der Waals surface area contributed by atoms with Gasteiger partial charge in [-0.25, -0.2) is 9.59 Å². The fourth-order valence-corrected chi connectivity index (χ4v) is 4.62. The maximum absolute atomic E-state index is 12.8. The molecule has 4 rings (SSSR count). The molecule has 1 aliphatic heterocycles. The van der Waals surface area contributed by atoms with Crippen molar-refractivity contribution in [2.75, 3.05) is 44.7 Å². The fourth-order valence-electron chi connectivity index (χ4n) is 4.62. The summed E-state index contributed by atoms with van der Waals surface area (Å²) in [6.45, 7) is 5.69. The van der Waals surface area contributed by atoms with E-state index in [-0.39, 0.29) is 17.9 Å². The van der Waals surface area contributed by atoms with Crippen LogP contribution in [0, 0.1) is 5.92 Å². The lowest BCUT2D eigenvalue weighted by Crippen LogP contribution is -2.43. The van der Waals surface area contributed by atoms with Gasteiger partial charge in [-0.2, -0.15) is 0 Å². The van der Waals surface area contributed by atoms with Gasteiger partial charge < -0.3 is 34.9 Å². The molecule has 1 heterocycles. The van der Waals surface area contributed by atoms with Crippen LogP contribution >= 0.6 is 0 Å². The number of urea groups is 1. The molecule has 9 nitrogen and oxygen atoms in total. The van der Waals surface area contributed by atoms with Crippen LogP contribution in [0.15, 0.2) is 78.9 Å².